The van der Waals surface area contributed by atoms with Gasteiger partial charge in [0, 0.05) is 42.0 Å². The van der Waals surface area contributed by atoms with Gasteiger partial charge in [0.2, 0.25) is 5.91 Å². The van der Waals surface area contributed by atoms with E-state index in [1.165, 1.54) is 18.7 Å². The van der Waals surface area contributed by atoms with E-state index in [4.69, 9.17) is 16.6 Å². The van der Waals surface area contributed by atoms with Gasteiger partial charge in [-0.3, -0.25) is 10.2 Å². The number of hydrogen-bond donors (Lipinski definition) is 3. The van der Waals surface area contributed by atoms with Crippen LogP contribution in [0.2, 0.25) is 5.02 Å². The average molecular weight is 422 g/mol. The highest BCUT2D eigenvalue weighted by atomic mass is 35.5. The highest BCUT2D eigenvalue weighted by Gasteiger charge is 2.34. The molecule has 0 bridgehead atoms. The molecule has 3 aromatic rings. The van der Waals surface area contributed by atoms with E-state index in [1.807, 2.05) is 48.5 Å². The first-order chi connectivity index (χ1) is 14.7. The molecule has 3 heterocycles. The number of aryl methyl sites for hydroxylation is 2. The van der Waals surface area contributed by atoms with Crippen molar-refractivity contribution in [2.24, 2.45) is 5.92 Å². The van der Waals surface area contributed by atoms with E-state index in [9.17, 15) is 4.79 Å². The van der Waals surface area contributed by atoms with Crippen molar-refractivity contribution < 1.29 is 4.79 Å². The molecule has 0 aliphatic carbocycles. The van der Waals surface area contributed by atoms with Crippen molar-refractivity contribution in [1.29, 1.82) is 0 Å². The predicted octanol–water partition coefficient (Wildman–Crippen LogP) is 3.94. The van der Waals surface area contributed by atoms with Gasteiger partial charge in [-0.05, 0) is 42.7 Å². The number of nitrogens with zero attached hydrogens (tertiary/aromatic N) is 2. The standard InChI is InChI=1S/C23H24ClN5O/c24-17-8-4-16(5-9-17)22-19(13-25-28-22)23(30)26-18-10-6-15(7-11-18)20-14-29-12-2-1-3-21(29)27-20/h4-11,14,19,22,25,28H,1-3,12-13H2,(H,26,30). The van der Waals surface area contributed by atoms with Gasteiger partial charge in [0.05, 0.1) is 17.7 Å². The monoisotopic (exact) mass is 421 g/mol. The Bertz CT molecular complexity index is 1020. The van der Waals surface area contributed by atoms with Crippen LogP contribution in [0.5, 0.6) is 0 Å². The van der Waals surface area contributed by atoms with Gasteiger partial charge in [-0.1, -0.05) is 35.9 Å². The molecule has 1 fully saturated rings. The van der Waals surface area contributed by atoms with Crippen LogP contribution in [0.25, 0.3) is 11.3 Å². The van der Waals surface area contributed by atoms with Crippen molar-refractivity contribution in [3.8, 4) is 11.3 Å². The van der Waals surface area contributed by atoms with Crippen LogP contribution < -0.4 is 16.2 Å². The molecule has 1 aromatic heterocycles. The number of carbonyl (C=O) groups is 1. The Morgan fingerprint density at radius 2 is 1.90 bits per heavy atom. The van der Waals surface area contributed by atoms with E-state index in [0.717, 1.165) is 35.5 Å². The first kappa shape index (κ1) is 19.3. The van der Waals surface area contributed by atoms with Crippen LogP contribution in [0.15, 0.2) is 54.7 Å². The van der Waals surface area contributed by atoms with Gasteiger partial charge >= 0.3 is 0 Å². The summed E-state index contributed by atoms with van der Waals surface area (Å²) in [4.78, 5) is 17.7. The number of anilines is 1. The number of amides is 1. The maximum absolute atomic E-state index is 12.9. The lowest BCUT2D eigenvalue weighted by molar-refractivity contribution is -0.119. The van der Waals surface area contributed by atoms with Crippen LogP contribution in [0.1, 0.15) is 30.3 Å². The number of imidazole rings is 1. The molecular weight excluding hydrogens is 398 g/mol. The topological polar surface area (TPSA) is 71.0 Å². The summed E-state index contributed by atoms with van der Waals surface area (Å²) >= 11 is 5.99. The fourth-order valence-electron chi connectivity index (χ4n) is 4.24. The Balaban J connectivity index is 1.28. The largest absolute Gasteiger partial charge is 0.334 e. The molecule has 0 radical (unpaired) electrons. The average Bonchev–Trinajstić information content (AvgIpc) is 3.42. The second-order valence-electron chi connectivity index (χ2n) is 7.92. The number of hydrogen-bond acceptors (Lipinski definition) is 4. The minimum Gasteiger partial charge on any atom is -0.334 e. The molecule has 3 N–H and O–H groups in total. The number of halogens is 1. The molecular formula is C23H24ClN5O. The molecule has 2 unspecified atom stereocenters. The van der Waals surface area contributed by atoms with Crippen molar-refractivity contribution in [2.75, 3.05) is 11.9 Å². The molecule has 5 rings (SSSR count). The summed E-state index contributed by atoms with van der Waals surface area (Å²) in [6, 6.07) is 15.4. The zero-order chi connectivity index (χ0) is 20.5. The Kier molecular flexibility index (Phi) is 5.29. The van der Waals surface area contributed by atoms with Crippen LogP contribution in [-0.4, -0.2) is 22.0 Å². The Labute approximate surface area is 180 Å². The van der Waals surface area contributed by atoms with Gasteiger partial charge in [-0.2, -0.15) is 0 Å². The predicted molar refractivity (Wildman–Crippen MR) is 118 cm³/mol. The maximum Gasteiger partial charge on any atom is 0.230 e. The molecule has 154 valence electrons. The molecule has 7 heteroatoms. The van der Waals surface area contributed by atoms with Crippen molar-refractivity contribution in [3.63, 3.8) is 0 Å². The first-order valence-corrected chi connectivity index (χ1v) is 10.8. The highest BCUT2D eigenvalue weighted by molar-refractivity contribution is 6.30. The quantitative estimate of drug-likeness (QED) is 0.596. The zero-order valence-corrected chi connectivity index (χ0v) is 17.3. The van der Waals surface area contributed by atoms with Gasteiger partial charge in [0.25, 0.3) is 0 Å². The van der Waals surface area contributed by atoms with Crippen LogP contribution in [-0.2, 0) is 17.8 Å². The molecule has 6 nitrogen and oxygen atoms in total. The Morgan fingerprint density at radius 1 is 1.10 bits per heavy atom. The van der Waals surface area contributed by atoms with Crippen LogP contribution in [0.3, 0.4) is 0 Å². The highest BCUT2D eigenvalue weighted by Crippen LogP contribution is 2.28. The summed E-state index contributed by atoms with van der Waals surface area (Å²) in [5, 5.41) is 3.74. The van der Waals surface area contributed by atoms with E-state index in [2.05, 4.69) is 26.9 Å². The number of nitrogens with one attached hydrogen (secondary N) is 3. The number of aromatic nitrogens is 2. The van der Waals surface area contributed by atoms with E-state index >= 15 is 0 Å². The van der Waals surface area contributed by atoms with Gasteiger partial charge in [-0.25, -0.2) is 10.4 Å². The van der Waals surface area contributed by atoms with Crippen molar-refractivity contribution in [1.82, 2.24) is 20.4 Å². The molecule has 2 aliphatic rings. The second-order valence-corrected chi connectivity index (χ2v) is 8.36. The minimum absolute atomic E-state index is 0.0161. The number of benzene rings is 2. The SMILES string of the molecule is O=C(Nc1ccc(-c2cn3c(n2)CCCC3)cc1)C1CNNC1c1ccc(Cl)cc1. The third kappa shape index (κ3) is 3.86. The van der Waals surface area contributed by atoms with E-state index in [-0.39, 0.29) is 17.9 Å². The summed E-state index contributed by atoms with van der Waals surface area (Å²) in [5.41, 5.74) is 10.2. The smallest absolute Gasteiger partial charge is 0.230 e. The Morgan fingerprint density at radius 3 is 2.67 bits per heavy atom. The van der Waals surface area contributed by atoms with Crippen LogP contribution in [0.4, 0.5) is 5.69 Å². The summed E-state index contributed by atoms with van der Waals surface area (Å²) < 4.78 is 2.26. The molecule has 0 spiro atoms. The summed E-state index contributed by atoms with van der Waals surface area (Å²) in [6.07, 6.45) is 5.61. The molecule has 2 aliphatic heterocycles. The Hall–Kier alpha value is -2.67. The molecule has 2 aromatic carbocycles. The van der Waals surface area contributed by atoms with E-state index < -0.39 is 0 Å². The third-order valence-electron chi connectivity index (χ3n) is 5.90. The molecule has 2 atom stereocenters. The first-order valence-electron chi connectivity index (χ1n) is 10.4. The lowest BCUT2D eigenvalue weighted by Gasteiger charge is -2.18. The van der Waals surface area contributed by atoms with Crippen LogP contribution >= 0.6 is 11.6 Å². The maximum atomic E-state index is 12.9. The number of carbonyl (C=O) groups excluding carboxylic acids is 1. The summed E-state index contributed by atoms with van der Waals surface area (Å²) in [5.74, 6) is 0.937. The number of rotatable bonds is 4. The van der Waals surface area contributed by atoms with Gasteiger partial charge in [0.15, 0.2) is 0 Å². The molecule has 1 saturated heterocycles. The lowest BCUT2D eigenvalue weighted by atomic mass is 9.94. The van der Waals surface area contributed by atoms with E-state index in [0.29, 0.717) is 11.6 Å². The molecule has 0 saturated carbocycles. The normalized spacial score (nSPS) is 20.7. The van der Waals surface area contributed by atoms with Gasteiger partial charge in [-0.15, -0.1) is 0 Å². The van der Waals surface area contributed by atoms with Crippen molar-refractivity contribution in [2.45, 2.75) is 31.8 Å². The second kappa shape index (κ2) is 8.22. The zero-order valence-electron chi connectivity index (χ0n) is 16.6. The molecule has 1 amide bonds. The number of fused-ring (bicyclic) bond motifs is 1. The van der Waals surface area contributed by atoms with Crippen LogP contribution in [0, 0.1) is 5.92 Å². The minimum atomic E-state index is -0.217. The fourth-order valence-corrected chi connectivity index (χ4v) is 4.36. The lowest BCUT2D eigenvalue weighted by Crippen LogP contribution is -2.29. The van der Waals surface area contributed by atoms with Crippen molar-refractivity contribution in [3.05, 3.63) is 71.1 Å². The van der Waals surface area contributed by atoms with Crippen molar-refractivity contribution >= 4 is 23.2 Å². The van der Waals surface area contributed by atoms with E-state index in [1.54, 1.807) is 0 Å². The number of hydrazine groups is 1. The summed E-state index contributed by atoms with van der Waals surface area (Å²) in [6.45, 7) is 1.62. The summed E-state index contributed by atoms with van der Waals surface area (Å²) in [7, 11) is 0. The van der Waals surface area contributed by atoms with Gasteiger partial charge in [0.1, 0.15) is 5.82 Å². The van der Waals surface area contributed by atoms with Gasteiger partial charge < -0.3 is 9.88 Å². The fraction of sp³-hybridized carbons (Fsp3) is 0.304. The molecule has 30 heavy (non-hydrogen) atoms. The third-order valence-corrected chi connectivity index (χ3v) is 6.16.